The molecule has 130 valence electrons. The molecule has 0 unspecified atom stereocenters. The molecular formula is C19H25NO4. The minimum Gasteiger partial charge on any atom is -0.454 e. The number of likely N-dealkylation sites (tertiary alicyclic amines) is 1. The third-order valence-electron chi connectivity index (χ3n) is 6.68. The molecule has 3 aliphatic heterocycles. The smallest absolute Gasteiger partial charge is 0.231 e. The summed E-state index contributed by atoms with van der Waals surface area (Å²) in [7, 11) is 2.20. The summed E-state index contributed by atoms with van der Waals surface area (Å²) in [5.74, 6) is 1.63. The van der Waals surface area contributed by atoms with Gasteiger partial charge in [-0.2, -0.15) is 0 Å². The highest BCUT2D eigenvalue weighted by molar-refractivity contribution is 5.55. The number of aliphatic hydroxyl groups excluding tert-OH is 1. The van der Waals surface area contributed by atoms with E-state index >= 15 is 0 Å². The van der Waals surface area contributed by atoms with Crippen LogP contribution in [-0.2, 0) is 15.8 Å². The van der Waals surface area contributed by atoms with E-state index < -0.39 is 11.7 Å². The molecule has 5 heteroatoms. The molecule has 1 spiro atoms. The van der Waals surface area contributed by atoms with Gasteiger partial charge in [0.05, 0.1) is 17.8 Å². The topological polar surface area (TPSA) is 51.2 Å². The Morgan fingerprint density at radius 1 is 1.12 bits per heavy atom. The molecule has 1 saturated heterocycles. The number of likely N-dealkylation sites (N-methyl/N-ethyl adjacent to an activating group) is 1. The van der Waals surface area contributed by atoms with Gasteiger partial charge >= 0.3 is 0 Å². The molecule has 1 aliphatic carbocycles. The largest absolute Gasteiger partial charge is 0.454 e. The highest BCUT2D eigenvalue weighted by Crippen LogP contribution is 2.58. The lowest BCUT2D eigenvalue weighted by atomic mass is 9.59. The zero-order valence-electron chi connectivity index (χ0n) is 14.5. The van der Waals surface area contributed by atoms with Crippen LogP contribution in [0.3, 0.4) is 0 Å². The van der Waals surface area contributed by atoms with Gasteiger partial charge in [-0.25, -0.2) is 0 Å². The van der Waals surface area contributed by atoms with Gasteiger partial charge in [-0.15, -0.1) is 0 Å². The first-order valence-corrected chi connectivity index (χ1v) is 8.94. The summed E-state index contributed by atoms with van der Waals surface area (Å²) in [6.45, 7) is 5.50. The van der Waals surface area contributed by atoms with Crippen molar-refractivity contribution >= 4 is 0 Å². The van der Waals surface area contributed by atoms with E-state index in [9.17, 15) is 5.11 Å². The van der Waals surface area contributed by atoms with Gasteiger partial charge in [-0.1, -0.05) is 0 Å². The highest BCUT2D eigenvalue weighted by atomic mass is 16.7. The van der Waals surface area contributed by atoms with Crippen molar-refractivity contribution in [2.45, 2.75) is 62.4 Å². The van der Waals surface area contributed by atoms with Crippen LogP contribution >= 0.6 is 0 Å². The van der Waals surface area contributed by atoms with E-state index in [1.807, 2.05) is 0 Å². The van der Waals surface area contributed by atoms with Gasteiger partial charge in [0.1, 0.15) is 0 Å². The van der Waals surface area contributed by atoms with Crippen LogP contribution in [-0.4, -0.2) is 48.6 Å². The van der Waals surface area contributed by atoms with Crippen LogP contribution in [0.15, 0.2) is 12.1 Å². The van der Waals surface area contributed by atoms with Crippen molar-refractivity contribution in [2.24, 2.45) is 0 Å². The lowest BCUT2D eigenvalue weighted by molar-refractivity contribution is -0.188. The quantitative estimate of drug-likeness (QED) is 0.789. The number of aliphatic hydroxyl groups is 1. The van der Waals surface area contributed by atoms with Crippen LogP contribution < -0.4 is 9.47 Å². The maximum atomic E-state index is 10.8. The van der Waals surface area contributed by atoms with E-state index in [1.165, 1.54) is 11.1 Å². The molecule has 1 saturated carbocycles. The van der Waals surface area contributed by atoms with Gasteiger partial charge in [-0.05, 0) is 70.0 Å². The van der Waals surface area contributed by atoms with Crippen molar-refractivity contribution in [3.8, 4) is 11.5 Å². The van der Waals surface area contributed by atoms with Crippen molar-refractivity contribution in [3.05, 3.63) is 23.3 Å². The van der Waals surface area contributed by atoms with Crippen LogP contribution in [0, 0.1) is 0 Å². The Bertz CT molecular complexity index is 703. The Labute approximate surface area is 142 Å². The summed E-state index contributed by atoms with van der Waals surface area (Å²) in [4.78, 5) is 2.44. The fraction of sp³-hybridized carbons (Fsp3) is 0.684. The summed E-state index contributed by atoms with van der Waals surface area (Å²) in [5, 5.41) is 10.8. The molecule has 5 nitrogen and oxygen atoms in total. The van der Waals surface area contributed by atoms with E-state index in [-0.39, 0.29) is 18.3 Å². The zero-order valence-corrected chi connectivity index (χ0v) is 14.5. The summed E-state index contributed by atoms with van der Waals surface area (Å²) < 4.78 is 17.8. The third-order valence-corrected chi connectivity index (χ3v) is 6.68. The molecule has 0 aromatic heterocycles. The predicted molar refractivity (Wildman–Crippen MR) is 88.4 cm³/mol. The Morgan fingerprint density at radius 2 is 1.83 bits per heavy atom. The maximum absolute atomic E-state index is 10.8. The summed E-state index contributed by atoms with van der Waals surface area (Å²) in [6, 6.07) is 4.67. The second kappa shape index (κ2) is 4.65. The Morgan fingerprint density at radius 3 is 2.58 bits per heavy atom. The third kappa shape index (κ3) is 1.70. The standard InChI is InChI=1S/C19H25NO4/c1-18(2)11-8-14-15(23-10-22-14)9-12(11)19-6-7-20(3)16(19)5-4-13(21)17(19)24-18/h8-9,13,16-17,21H,4-7,10H2,1-3H3/t13-,16+,17+,19-/m0/s1. The number of hydrogen-bond acceptors (Lipinski definition) is 5. The van der Waals surface area contributed by atoms with Crippen LogP contribution in [0.1, 0.15) is 44.2 Å². The van der Waals surface area contributed by atoms with E-state index in [4.69, 9.17) is 14.2 Å². The van der Waals surface area contributed by atoms with Crippen molar-refractivity contribution in [3.63, 3.8) is 0 Å². The Hall–Kier alpha value is -1.30. The molecule has 0 amide bonds. The number of nitrogens with zero attached hydrogens (tertiary/aromatic N) is 1. The first-order chi connectivity index (χ1) is 11.4. The molecule has 1 N–H and O–H groups in total. The second-order valence-electron chi connectivity index (χ2n) is 8.23. The van der Waals surface area contributed by atoms with Crippen LogP contribution in [0.2, 0.25) is 0 Å². The summed E-state index contributed by atoms with van der Waals surface area (Å²) in [5.41, 5.74) is 1.87. The average Bonchev–Trinajstić information content (AvgIpc) is 3.13. The normalized spacial score (nSPS) is 39.2. The molecule has 24 heavy (non-hydrogen) atoms. The molecule has 4 atom stereocenters. The predicted octanol–water partition coefficient (Wildman–Crippen LogP) is 2.15. The molecule has 1 aromatic carbocycles. The molecular weight excluding hydrogens is 306 g/mol. The van der Waals surface area contributed by atoms with Gasteiger partial charge in [0.15, 0.2) is 11.5 Å². The van der Waals surface area contributed by atoms with Crippen LogP contribution in [0.4, 0.5) is 0 Å². The fourth-order valence-electron chi connectivity index (χ4n) is 5.57. The van der Waals surface area contributed by atoms with Gasteiger partial charge in [0.25, 0.3) is 0 Å². The number of benzene rings is 1. The van der Waals surface area contributed by atoms with E-state index in [2.05, 4.69) is 37.9 Å². The molecule has 0 radical (unpaired) electrons. The maximum Gasteiger partial charge on any atom is 0.231 e. The van der Waals surface area contributed by atoms with Gasteiger partial charge in [-0.3, -0.25) is 0 Å². The van der Waals surface area contributed by atoms with Crippen molar-refractivity contribution in [1.29, 1.82) is 0 Å². The lowest BCUT2D eigenvalue weighted by Crippen LogP contribution is -2.63. The van der Waals surface area contributed by atoms with E-state index in [0.29, 0.717) is 6.04 Å². The first kappa shape index (κ1) is 15.0. The molecule has 2 fully saturated rings. The van der Waals surface area contributed by atoms with Crippen molar-refractivity contribution in [1.82, 2.24) is 4.90 Å². The monoisotopic (exact) mass is 331 g/mol. The van der Waals surface area contributed by atoms with E-state index in [1.54, 1.807) is 0 Å². The molecule has 0 bridgehead atoms. The van der Waals surface area contributed by atoms with Crippen LogP contribution in [0.25, 0.3) is 0 Å². The Balaban J connectivity index is 1.78. The molecule has 4 aliphatic rings. The first-order valence-electron chi connectivity index (χ1n) is 8.94. The minimum atomic E-state index is -0.448. The zero-order chi connectivity index (χ0) is 16.7. The highest BCUT2D eigenvalue weighted by Gasteiger charge is 2.62. The Kier molecular flexibility index (Phi) is 2.91. The lowest BCUT2D eigenvalue weighted by Gasteiger charge is -2.56. The molecule has 1 aromatic rings. The number of rotatable bonds is 0. The van der Waals surface area contributed by atoms with Crippen molar-refractivity contribution in [2.75, 3.05) is 20.4 Å². The SMILES string of the molecule is CN1CC[C@@]23c4cc5c(cc4C(C)(C)O[C@@H]2[C@@H](O)CC[C@@H]13)OCO5. The number of fused-ring (bicyclic) bond motifs is 2. The van der Waals surface area contributed by atoms with Crippen LogP contribution in [0.5, 0.6) is 11.5 Å². The minimum absolute atomic E-state index is 0.155. The summed E-state index contributed by atoms with van der Waals surface area (Å²) in [6.07, 6.45) is 2.25. The van der Waals surface area contributed by atoms with E-state index in [0.717, 1.165) is 37.3 Å². The molecule has 5 rings (SSSR count). The average molecular weight is 331 g/mol. The van der Waals surface area contributed by atoms with Gasteiger partial charge < -0.3 is 24.2 Å². The number of ether oxygens (including phenoxy) is 3. The second-order valence-corrected chi connectivity index (χ2v) is 8.23. The molecule has 3 heterocycles. The number of hydrogen-bond donors (Lipinski definition) is 1. The van der Waals surface area contributed by atoms with Gasteiger partial charge in [0, 0.05) is 11.5 Å². The van der Waals surface area contributed by atoms with Gasteiger partial charge in [0.2, 0.25) is 6.79 Å². The summed E-state index contributed by atoms with van der Waals surface area (Å²) >= 11 is 0. The van der Waals surface area contributed by atoms with Crippen molar-refractivity contribution < 1.29 is 19.3 Å². The fourth-order valence-corrected chi connectivity index (χ4v) is 5.57.